The van der Waals surface area contributed by atoms with Crippen molar-refractivity contribution < 1.29 is 22.3 Å². The van der Waals surface area contributed by atoms with Crippen LogP contribution in [-0.2, 0) is 0 Å². The summed E-state index contributed by atoms with van der Waals surface area (Å²) in [5.74, 6) is 5.42. The molecule has 0 amide bonds. The quantitative estimate of drug-likeness (QED) is 0.374. The van der Waals surface area contributed by atoms with Crippen LogP contribution in [0.15, 0.2) is 60.2 Å². The molecule has 0 aromatic heterocycles. The van der Waals surface area contributed by atoms with Gasteiger partial charge in [-0.05, 0) is 48.9 Å². The Morgan fingerprint density at radius 1 is 1.20 bits per heavy atom. The van der Waals surface area contributed by atoms with Crippen LogP contribution in [0, 0.1) is 11.8 Å². The second-order valence-corrected chi connectivity index (χ2v) is 5.64. The Kier molecular flexibility index (Phi) is 6.08. The molecule has 1 aromatic carbocycles. The van der Waals surface area contributed by atoms with Crippen molar-refractivity contribution in [1.29, 1.82) is 0 Å². The summed E-state index contributed by atoms with van der Waals surface area (Å²) in [4.78, 5) is 0. The fraction of sp³-hybridized carbons (Fsp3) is 0.300. The van der Waals surface area contributed by atoms with E-state index in [0.717, 1.165) is 12.8 Å². The molecule has 1 aromatic rings. The first-order valence-corrected chi connectivity index (χ1v) is 7.93. The number of allylic oxidation sites excluding steroid dienone is 6. The zero-order valence-corrected chi connectivity index (χ0v) is 13.7. The average Bonchev–Trinajstić information content (AvgIpc) is 2.55. The van der Waals surface area contributed by atoms with E-state index >= 15 is 0 Å². The van der Waals surface area contributed by atoms with Gasteiger partial charge in [-0.15, -0.1) is 13.2 Å². The molecule has 1 aliphatic rings. The molecule has 0 aliphatic heterocycles. The zero-order chi connectivity index (χ0) is 18.3. The second kappa shape index (κ2) is 8.06. The number of hydrogen-bond acceptors (Lipinski definition) is 1. The van der Waals surface area contributed by atoms with Crippen LogP contribution in [-0.4, -0.2) is 12.0 Å². The predicted octanol–water partition coefficient (Wildman–Crippen LogP) is 5.89. The van der Waals surface area contributed by atoms with E-state index < -0.39 is 12.0 Å². The number of alkyl halides is 4. The molecule has 0 fully saturated rings. The number of rotatable bonds is 4. The van der Waals surface area contributed by atoms with Crippen molar-refractivity contribution in [3.05, 3.63) is 65.8 Å². The maximum absolute atomic E-state index is 14.4. The lowest BCUT2D eigenvalue weighted by Crippen LogP contribution is -2.17. The third-order valence-electron chi connectivity index (χ3n) is 3.46. The average molecular weight is 350 g/mol. The minimum Gasteiger partial charge on any atom is -0.406 e. The molecule has 0 heterocycles. The lowest BCUT2D eigenvalue weighted by molar-refractivity contribution is -0.274. The van der Waals surface area contributed by atoms with Crippen molar-refractivity contribution in [2.45, 2.75) is 38.2 Å². The molecule has 0 spiro atoms. The van der Waals surface area contributed by atoms with Crippen molar-refractivity contribution in [3.8, 4) is 17.6 Å². The Balaban J connectivity index is 1.98. The Morgan fingerprint density at radius 2 is 1.92 bits per heavy atom. The summed E-state index contributed by atoms with van der Waals surface area (Å²) in [6.07, 6.45) is 5.51. The van der Waals surface area contributed by atoms with Crippen molar-refractivity contribution in [1.82, 2.24) is 0 Å². The third-order valence-corrected chi connectivity index (χ3v) is 3.46. The highest BCUT2D eigenvalue weighted by Crippen LogP contribution is 2.27. The molecule has 1 aliphatic carbocycles. The van der Waals surface area contributed by atoms with Crippen LogP contribution in [0.2, 0.25) is 0 Å². The molecular formula is C20H18F4O. The maximum atomic E-state index is 14.4. The Labute approximate surface area is 144 Å². The first kappa shape index (κ1) is 18.9. The predicted molar refractivity (Wildman–Crippen MR) is 89.7 cm³/mol. The molecule has 1 unspecified atom stereocenters. The summed E-state index contributed by atoms with van der Waals surface area (Å²) in [7, 11) is 0. The van der Waals surface area contributed by atoms with Crippen LogP contribution >= 0.6 is 0 Å². The van der Waals surface area contributed by atoms with Gasteiger partial charge < -0.3 is 4.74 Å². The van der Waals surface area contributed by atoms with E-state index in [4.69, 9.17) is 0 Å². The molecule has 1 atom stereocenters. The number of benzene rings is 1. The van der Waals surface area contributed by atoms with Gasteiger partial charge in [0.15, 0.2) is 5.67 Å². The van der Waals surface area contributed by atoms with E-state index in [-0.39, 0.29) is 12.2 Å². The standard InChI is InChI=1S/C20H18F4O/c1-2-3-4-13-19(21)14-11-17(12-15-19)6-5-16-7-9-18(10-8-16)25-20(22,23)24/h4,7-14H,2-3,15H2,1H3/b13-4+. The monoisotopic (exact) mass is 350 g/mol. The summed E-state index contributed by atoms with van der Waals surface area (Å²) in [5.41, 5.74) is -0.256. The van der Waals surface area contributed by atoms with Crippen LogP contribution in [0.25, 0.3) is 0 Å². The van der Waals surface area contributed by atoms with Crippen LogP contribution in [0.1, 0.15) is 31.7 Å². The SMILES string of the molecule is CCC/C=C/C1(F)C=CC(C#Cc2ccc(OC(F)(F)F)cc2)=CC1. The van der Waals surface area contributed by atoms with Gasteiger partial charge in [-0.3, -0.25) is 0 Å². The van der Waals surface area contributed by atoms with Gasteiger partial charge in [-0.1, -0.05) is 37.3 Å². The van der Waals surface area contributed by atoms with Crippen LogP contribution in [0.4, 0.5) is 17.6 Å². The largest absolute Gasteiger partial charge is 0.573 e. The van der Waals surface area contributed by atoms with Crippen molar-refractivity contribution >= 4 is 0 Å². The van der Waals surface area contributed by atoms with E-state index in [1.807, 2.05) is 13.0 Å². The van der Waals surface area contributed by atoms with Gasteiger partial charge in [0, 0.05) is 17.6 Å². The molecule has 25 heavy (non-hydrogen) atoms. The van der Waals surface area contributed by atoms with Gasteiger partial charge in [0.05, 0.1) is 0 Å². The molecule has 0 saturated carbocycles. The van der Waals surface area contributed by atoms with Crippen molar-refractivity contribution in [2.75, 3.05) is 0 Å². The molecule has 0 bridgehead atoms. The third kappa shape index (κ3) is 6.50. The van der Waals surface area contributed by atoms with Crippen molar-refractivity contribution in [3.63, 3.8) is 0 Å². The zero-order valence-electron chi connectivity index (χ0n) is 13.7. The van der Waals surface area contributed by atoms with Crippen LogP contribution in [0.5, 0.6) is 5.75 Å². The topological polar surface area (TPSA) is 9.23 Å². The van der Waals surface area contributed by atoms with Crippen LogP contribution < -0.4 is 4.74 Å². The molecule has 0 radical (unpaired) electrons. The van der Waals surface area contributed by atoms with Gasteiger partial charge in [-0.25, -0.2) is 4.39 Å². The smallest absolute Gasteiger partial charge is 0.406 e. The van der Waals surface area contributed by atoms with Crippen LogP contribution in [0.3, 0.4) is 0 Å². The molecule has 0 N–H and O–H groups in total. The van der Waals surface area contributed by atoms with Gasteiger partial charge in [0.2, 0.25) is 0 Å². The second-order valence-electron chi connectivity index (χ2n) is 5.64. The minimum absolute atomic E-state index is 0.214. The number of ether oxygens (including phenoxy) is 1. The molecule has 5 heteroatoms. The summed E-state index contributed by atoms with van der Waals surface area (Å²) in [5, 5.41) is 0. The van der Waals surface area contributed by atoms with E-state index in [1.54, 1.807) is 18.2 Å². The first-order valence-electron chi connectivity index (χ1n) is 7.93. The van der Waals surface area contributed by atoms with Gasteiger partial charge in [0.1, 0.15) is 5.75 Å². The summed E-state index contributed by atoms with van der Waals surface area (Å²) in [6.45, 7) is 2.03. The Hall–Kier alpha value is -2.48. The normalized spacial score (nSPS) is 20.1. The van der Waals surface area contributed by atoms with Gasteiger partial charge in [-0.2, -0.15) is 0 Å². The lowest BCUT2D eigenvalue weighted by Gasteiger charge is -2.18. The molecule has 1 nitrogen and oxygen atoms in total. The summed E-state index contributed by atoms with van der Waals surface area (Å²) < 4.78 is 54.5. The highest BCUT2D eigenvalue weighted by atomic mass is 19.4. The van der Waals surface area contributed by atoms with E-state index in [0.29, 0.717) is 11.1 Å². The maximum Gasteiger partial charge on any atom is 0.573 e. The molecule has 132 valence electrons. The molecule has 0 saturated heterocycles. The summed E-state index contributed by atoms with van der Waals surface area (Å²) in [6, 6.07) is 5.28. The first-order chi connectivity index (χ1) is 11.8. The highest BCUT2D eigenvalue weighted by molar-refractivity contribution is 5.48. The molecule has 2 rings (SSSR count). The molecular weight excluding hydrogens is 332 g/mol. The Morgan fingerprint density at radius 3 is 2.48 bits per heavy atom. The lowest BCUT2D eigenvalue weighted by atomic mass is 9.93. The number of halogens is 4. The van der Waals surface area contributed by atoms with E-state index in [1.165, 1.54) is 30.3 Å². The number of hydrogen-bond donors (Lipinski definition) is 0. The van der Waals surface area contributed by atoms with Gasteiger partial charge >= 0.3 is 6.36 Å². The fourth-order valence-electron chi connectivity index (χ4n) is 2.18. The number of unbranched alkanes of at least 4 members (excludes halogenated alkanes) is 1. The fourth-order valence-corrected chi connectivity index (χ4v) is 2.18. The van der Waals surface area contributed by atoms with E-state index in [9.17, 15) is 17.6 Å². The van der Waals surface area contributed by atoms with Gasteiger partial charge in [0.25, 0.3) is 0 Å². The van der Waals surface area contributed by atoms with E-state index in [2.05, 4.69) is 16.6 Å². The highest BCUT2D eigenvalue weighted by Gasteiger charge is 2.30. The summed E-state index contributed by atoms with van der Waals surface area (Å²) >= 11 is 0. The van der Waals surface area contributed by atoms with Crippen molar-refractivity contribution in [2.24, 2.45) is 0 Å². The Bertz CT molecular complexity index is 730. The minimum atomic E-state index is -4.71.